The molecule has 0 atom stereocenters. The number of carboxylic acids is 1. The van der Waals surface area contributed by atoms with Crippen molar-refractivity contribution >= 4 is 22.5 Å². The second-order valence-electron chi connectivity index (χ2n) is 8.70. The molecule has 33 heavy (non-hydrogen) atoms. The van der Waals surface area contributed by atoms with Gasteiger partial charge in [-0.05, 0) is 47.6 Å². The van der Waals surface area contributed by atoms with Gasteiger partial charge >= 0.3 is 12.1 Å². The maximum Gasteiger partial charge on any atom is 0.422 e. The highest BCUT2D eigenvalue weighted by atomic mass is 19.4. The number of aliphatic carboxylic acids is 1. The van der Waals surface area contributed by atoms with Crippen LogP contribution in [0.25, 0.3) is 27.7 Å². The molecule has 0 aliphatic carbocycles. The average molecular weight is 460 g/mol. The van der Waals surface area contributed by atoms with E-state index in [1.54, 1.807) is 25.1 Å². The fraction of sp³-hybridized carbons (Fsp3) is 0.346. The normalized spacial score (nSPS) is 12.7. The maximum atomic E-state index is 13.1. The highest BCUT2D eigenvalue weighted by molar-refractivity contribution is 5.97. The van der Waals surface area contributed by atoms with Crippen molar-refractivity contribution in [2.24, 2.45) is 0 Å². The topological polar surface area (TPSA) is 59.7 Å². The van der Waals surface area contributed by atoms with Crippen LogP contribution < -0.4 is 4.74 Å². The highest BCUT2D eigenvalue weighted by Gasteiger charge is 2.30. The lowest BCUT2D eigenvalue weighted by Crippen LogP contribution is -2.20. The van der Waals surface area contributed by atoms with Crippen LogP contribution in [0.4, 0.5) is 13.2 Å². The number of rotatable bonds is 7. The van der Waals surface area contributed by atoms with Gasteiger partial charge in [-0.2, -0.15) is 13.2 Å². The number of carbonyl (C=O) groups is 1. The van der Waals surface area contributed by atoms with Crippen molar-refractivity contribution in [3.8, 4) is 16.9 Å². The zero-order chi connectivity index (χ0) is 24.5. The lowest BCUT2D eigenvalue weighted by atomic mass is 9.89. The van der Waals surface area contributed by atoms with Crippen LogP contribution >= 0.6 is 0 Å². The van der Waals surface area contributed by atoms with Gasteiger partial charge in [0.1, 0.15) is 17.1 Å². The van der Waals surface area contributed by atoms with Gasteiger partial charge in [-0.25, -0.2) is 4.79 Å². The van der Waals surface area contributed by atoms with Crippen LogP contribution in [-0.2, 0) is 4.79 Å². The Hall–Kier alpha value is -3.22. The first-order valence-electron chi connectivity index (χ1n) is 10.7. The minimum Gasteiger partial charge on any atom is -0.483 e. The second kappa shape index (κ2) is 9.33. The number of carboxylic acid groups (broad SMARTS) is 1. The van der Waals surface area contributed by atoms with Crippen molar-refractivity contribution in [2.75, 3.05) is 6.61 Å². The molecule has 0 unspecified atom stereocenters. The van der Waals surface area contributed by atoms with Crippen molar-refractivity contribution in [3.05, 3.63) is 59.4 Å². The first-order valence-corrected chi connectivity index (χ1v) is 10.7. The van der Waals surface area contributed by atoms with Gasteiger partial charge in [0, 0.05) is 22.6 Å². The number of allylic oxidation sites excluding steroid dienone is 1. The van der Waals surface area contributed by atoms with Crippen molar-refractivity contribution in [1.29, 1.82) is 0 Å². The summed E-state index contributed by atoms with van der Waals surface area (Å²) in [5, 5.41) is 9.76. The third-order valence-corrected chi connectivity index (χ3v) is 5.37. The zero-order valence-corrected chi connectivity index (χ0v) is 19.2. The lowest BCUT2D eigenvalue weighted by molar-refractivity contribution is -0.153. The Balaban J connectivity index is 2.29. The molecule has 176 valence electrons. The SMILES string of the molecule is C/C(=C\C(=O)O)c1cc2cccc(-c3cc(C(C)C)cc(C(C)C)c3OCC(F)(F)F)c2o1. The molecule has 0 saturated heterocycles. The summed E-state index contributed by atoms with van der Waals surface area (Å²) in [7, 11) is 0. The fourth-order valence-corrected chi connectivity index (χ4v) is 3.68. The monoisotopic (exact) mass is 460 g/mol. The number of para-hydroxylation sites is 1. The Labute approximate surface area is 190 Å². The summed E-state index contributed by atoms with van der Waals surface area (Å²) in [4.78, 5) is 11.1. The Morgan fingerprint density at radius 3 is 2.36 bits per heavy atom. The number of hydrogen-bond acceptors (Lipinski definition) is 3. The van der Waals surface area contributed by atoms with E-state index in [1.165, 1.54) is 0 Å². The summed E-state index contributed by atoms with van der Waals surface area (Å²) in [6.45, 7) is 8.08. The molecular weight excluding hydrogens is 433 g/mol. The van der Waals surface area contributed by atoms with Gasteiger partial charge in [0.25, 0.3) is 0 Å². The number of hydrogen-bond donors (Lipinski definition) is 1. The van der Waals surface area contributed by atoms with Crippen molar-refractivity contribution in [1.82, 2.24) is 0 Å². The molecule has 1 heterocycles. The molecular formula is C26H27F3O4. The number of alkyl halides is 3. The number of furan rings is 1. The number of fused-ring (bicyclic) bond motifs is 1. The molecule has 7 heteroatoms. The van der Waals surface area contributed by atoms with Crippen LogP contribution in [0.5, 0.6) is 5.75 Å². The molecule has 3 aromatic rings. The summed E-state index contributed by atoms with van der Waals surface area (Å²) in [6.07, 6.45) is -3.43. The summed E-state index contributed by atoms with van der Waals surface area (Å²) < 4.78 is 50.6. The quantitative estimate of drug-likeness (QED) is 0.366. The summed E-state index contributed by atoms with van der Waals surface area (Å²) >= 11 is 0. The van der Waals surface area contributed by atoms with Crippen LogP contribution in [0.3, 0.4) is 0 Å². The smallest absolute Gasteiger partial charge is 0.422 e. The Morgan fingerprint density at radius 1 is 1.09 bits per heavy atom. The number of ether oxygens (including phenoxy) is 1. The minimum absolute atomic E-state index is 0.0715. The van der Waals surface area contributed by atoms with E-state index < -0.39 is 18.8 Å². The average Bonchev–Trinajstić information content (AvgIpc) is 3.15. The van der Waals surface area contributed by atoms with Gasteiger partial charge in [0.15, 0.2) is 6.61 Å². The van der Waals surface area contributed by atoms with Crippen molar-refractivity contribution < 1.29 is 32.2 Å². The van der Waals surface area contributed by atoms with E-state index in [1.807, 2.05) is 45.9 Å². The summed E-state index contributed by atoms with van der Waals surface area (Å²) in [6, 6.07) is 10.8. The van der Waals surface area contributed by atoms with Gasteiger partial charge in [0.2, 0.25) is 0 Å². The predicted octanol–water partition coefficient (Wildman–Crippen LogP) is 7.78. The van der Waals surface area contributed by atoms with Crippen LogP contribution in [0.15, 0.2) is 46.9 Å². The molecule has 1 N–H and O–H groups in total. The Bertz CT molecular complexity index is 1200. The molecule has 0 spiro atoms. The van der Waals surface area contributed by atoms with Crippen LogP contribution in [0.1, 0.15) is 63.3 Å². The van der Waals surface area contributed by atoms with Gasteiger partial charge in [-0.15, -0.1) is 0 Å². The lowest BCUT2D eigenvalue weighted by Gasteiger charge is -2.22. The minimum atomic E-state index is -4.48. The Kier molecular flexibility index (Phi) is 6.91. The molecule has 0 aliphatic rings. The summed E-state index contributed by atoms with van der Waals surface area (Å²) in [5.74, 6) is -0.471. The largest absolute Gasteiger partial charge is 0.483 e. The van der Waals surface area contributed by atoms with E-state index in [9.17, 15) is 18.0 Å². The van der Waals surface area contributed by atoms with E-state index in [0.717, 1.165) is 11.6 Å². The highest BCUT2D eigenvalue weighted by Crippen LogP contribution is 2.43. The van der Waals surface area contributed by atoms with Gasteiger partial charge in [-0.3, -0.25) is 0 Å². The van der Waals surface area contributed by atoms with Crippen molar-refractivity contribution in [2.45, 2.75) is 52.6 Å². The van der Waals surface area contributed by atoms with E-state index in [-0.39, 0.29) is 17.6 Å². The molecule has 0 saturated carbocycles. The first-order chi connectivity index (χ1) is 15.4. The molecule has 0 amide bonds. The molecule has 3 rings (SSSR count). The molecule has 1 aromatic heterocycles. The third kappa shape index (κ3) is 5.59. The molecule has 2 aromatic carbocycles. The molecule has 4 nitrogen and oxygen atoms in total. The number of benzene rings is 2. The van der Waals surface area contributed by atoms with Gasteiger partial charge in [-0.1, -0.05) is 52.0 Å². The first kappa shape index (κ1) is 24.4. The van der Waals surface area contributed by atoms with Crippen molar-refractivity contribution in [3.63, 3.8) is 0 Å². The van der Waals surface area contributed by atoms with E-state index in [0.29, 0.717) is 39.0 Å². The standard InChI is InChI=1S/C26H27F3O4/c1-14(2)18-10-20(15(3)4)25(32-13-26(27,28)29)21(11-18)19-8-6-7-17-12-22(33-24(17)19)16(5)9-23(30)31/h6-12,14-15H,13H2,1-5H3,(H,30,31)/b16-9+. The van der Waals surface area contributed by atoms with E-state index >= 15 is 0 Å². The second-order valence-corrected chi connectivity index (χ2v) is 8.70. The zero-order valence-electron chi connectivity index (χ0n) is 19.2. The predicted molar refractivity (Wildman–Crippen MR) is 123 cm³/mol. The summed E-state index contributed by atoms with van der Waals surface area (Å²) in [5.41, 5.74) is 3.64. The van der Waals surface area contributed by atoms with Crippen LogP contribution in [0.2, 0.25) is 0 Å². The van der Waals surface area contributed by atoms with Gasteiger partial charge < -0.3 is 14.3 Å². The van der Waals surface area contributed by atoms with Crippen LogP contribution in [-0.4, -0.2) is 23.9 Å². The number of halogens is 3. The molecule has 0 bridgehead atoms. The van der Waals surface area contributed by atoms with E-state index in [2.05, 4.69) is 0 Å². The molecule has 0 fully saturated rings. The molecule has 0 aliphatic heterocycles. The van der Waals surface area contributed by atoms with Crippen LogP contribution in [0, 0.1) is 0 Å². The molecule has 0 radical (unpaired) electrons. The Morgan fingerprint density at radius 2 is 1.79 bits per heavy atom. The van der Waals surface area contributed by atoms with Gasteiger partial charge in [0.05, 0.1) is 0 Å². The van der Waals surface area contributed by atoms with E-state index in [4.69, 9.17) is 14.3 Å². The maximum absolute atomic E-state index is 13.1. The third-order valence-electron chi connectivity index (χ3n) is 5.37. The fourth-order valence-electron chi connectivity index (χ4n) is 3.68.